The molecule has 1 heterocycles. The van der Waals surface area contributed by atoms with Crippen LogP contribution in [0.15, 0.2) is 53.6 Å². The van der Waals surface area contributed by atoms with E-state index in [1.54, 1.807) is 18.2 Å². The van der Waals surface area contributed by atoms with Gasteiger partial charge in [0.2, 0.25) is 0 Å². The molecule has 0 fully saturated rings. The minimum absolute atomic E-state index is 0.0236. The van der Waals surface area contributed by atoms with E-state index >= 15 is 0 Å². The Balaban J connectivity index is 1.81. The highest BCUT2D eigenvalue weighted by Crippen LogP contribution is 2.23. The summed E-state index contributed by atoms with van der Waals surface area (Å²) in [4.78, 5) is 14.8. The van der Waals surface area contributed by atoms with Crippen LogP contribution in [-0.4, -0.2) is 16.1 Å². The fourth-order valence-corrected chi connectivity index (χ4v) is 2.49. The van der Waals surface area contributed by atoms with Crippen molar-refractivity contribution in [2.75, 3.05) is 5.43 Å². The largest absolute Gasteiger partial charge is 0.270 e. The highest BCUT2D eigenvalue weighted by molar-refractivity contribution is 6.31. The van der Waals surface area contributed by atoms with Crippen LogP contribution in [0, 0.1) is 17.0 Å². The molecule has 0 atom stereocenters. The first-order valence-corrected chi connectivity index (χ1v) is 7.51. The van der Waals surface area contributed by atoms with Gasteiger partial charge in [0.05, 0.1) is 16.7 Å². The second kappa shape index (κ2) is 6.64. The van der Waals surface area contributed by atoms with Gasteiger partial charge in [0, 0.05) is 28.1 Å². The van der Waals surface area contributed by atoms with Gasteiger partial charge in [-0.05, 0) is 36.8 Å². The van der Waals surface area contributed by atoms with Gasteiger partial charge < -0.3 is 0 Å². The Bertz CT molecular complexity index is 956. The van der Waals surface area contributed by atoms with Crippen LogP contribution in [0.4, 0.5) is 11.5 Å². The summed E-state index contributed by atoms with van der Waals surface area (Å²) < 4.78 is 0. The summed E-state index contributed by atoms with van der Waals surface area (Å²) >= 11 is 6.00. The number of aromatic nitrogens is 1. The van der Waals surface area contributed by atoms with Gasteiger partial charge in [-0.2, -0.15) is 5.10 Å². The number of nitrogens with zero attached hydrogens (tertiary/aromatic N) is 3. The standard InChI is InChI=1S/C17H13ClN4O2/c1-11-7-17(20-16-6-5-13(18)9-15(11)16)21-19-10-12-3-2-4-14(8-12)22(23)24/h2-10H,1H3,(H,20,21)/b19-10+. The van der Waals surface area contributed by atoms with Gasteiger partial charge in [-0.25, -0.2) is 4.98 Å². The predicted molar refractivity (Wildman–Crippen MR) is 95.8 cm³/mol. The molecule has 0 aliphatic rings. The molecule has 0 spiro atoms. The molecule has 120 valence electrons. The SMILES string of the molecule is Cc1cc(N/N=C/c2cccc([N+](=O)[O-])c2)nc2ccc(Cl)cc12. The fourth-order valence-electron chi connectivity index (χ4n) is 2.32. The van der Waals surface area contributed by atoms with Crippen LogP contribution in [0.25, 0.3) is 10.9 Å². The summed E-state index contributed by atoms with van der Waals surface area (Å²) in [6.45, 7) is 1.97. The zero-order chi connectivity index (χ0) is 17.1. The Kier molecular flexibility index (Phi) is 4.39. The zero-order valence-electron chi connectivity index (χ0n) is 12.7. The first-order valence-electron chi connectivity index (χ1n) is 7.13. The smallest absolute Gasteiger partial charge is 0.261 e. The lowest BCUT2D eigenvalue weighted by Crippen LogP contribution is -1.96. The van der Waals surface area contributed by atoms with Crippen LogP contribution in [0.3, 0.4) is 0 Å². The number of nitro groups is 1. The quantitative estimate of drug-likeness (QED) is 0.429. The third kappa shape index (κ3) is 3.49. The Labute approximate surface area is 142 Å². The maximum atomic E-state index is 10.8. The van der Waals surface area contributed by atoms with Gasteiger partial charge in [-0.3, -0.25) is 15.5 Å². The van der Waals surface area contributed by atoms with Crippen molar-refractivity contribution in [1.29, 1.82) is 0 Å². The van der Waals surface area contributed by atoms with Gasteiger partial charge >= 0.3 is 0 Å². The molecule has 6 nitrogen and oxygen atoms in total. The monoisotopic (exact) mass is 340 g/mol. The lowest BCUT2D eigenvalue weighted by Gasteiger charge is -2.06. The highest BCUT2D eigenvalue weighted by atomic mass is 35.5. The lowest BCUT2D eigenvalue weighted by atomic mass is 10.1. The van der Waals surface area contributed by atoms with Gasteiger partial charge in [-0.15, -0.1) is 0 Å². The Morgan fingerprint density at radius 2 is 2.08 bits per heavy atom. The molecule has 1 N–H and O–H groups in total. The molecular formula is C17H13ClN4O2. The summed E-state index contributed by atoms with van der Waals surface area (Å²) in [5.74, 6) is 0.587. The molecule has 3 aromatic rings. The number of nitro benzene ring substituents is 1. The third-order valence-corrected chi connectivity index (χ3v) is 3.69. The first-order chi connectivity index (χ1) is 11.5. The number of anilines is 1. The Morgan fingerprint density at radius 1 is 1.25 bits per heavy atom. The number of non-ortho nitro benzene ring substituents is 1. The second-order valence-corrected chi connectivity index (χ2v) is 5.64. The topological polar surface area (TPSA) is 80.4 Å². The molecule has 0 saturated carbocycles. The van der Waals surface area contributed by atoms with E-state index < -0.39 is 4.92 Å². The summed E-state index contributed by atoms with van der Waals surface area (Å²) in [5, 5.41) is 16.5. The second-order valence-electron chi connectivity index (χ2n) is 5.21. The maximum absolute atomic E-state index is 10.8. The number of fused-ring (bicyclic) bond motifs is 1. The van der Waals surface area contributed by atoms with Crippen molar-refractivity contribution in [2.45, 2.75) is 6.92 Å². The van der Waals surface area contributed by atoms with E-state index in [9.17, 15) is 10.1 Å². The molecule has 0 aliphatic carbocycles. The molecule has 0 radical (unpaired) electrons. The van der Waals surface area contributed by atoms with E-state index in [1.165, 1.54) is 18.3 Å². The van der Waals surface area contributed by atoms with Gasteiger partial charge in [-0.1, -0.05) is 23.7 Å². The van der Waals surface area contributed by atoms with Gasteiger partial charge in [0.1, 0.15) is 5.82 Å². The Morgan fingerprint density at radius 3 is 2.88 bits per heavy atom. The molecule has 7 heteroatoms. The number of halogens is 1. The first kappa shape index (κ1) is 15.9. The van der Waals surface area contributed by atoms with Crippen LogP contribution in [0.2, 0.25) is 5.02 Å². The number of hydrogen-bond acceptors (Lipinski definition) is 5. The van der Waals surface area contributed by atoms with E-state index in [0.29, 0.717) is 16.4 Å². The van der Waals surface area contributed by atoms with E-state index in [2.05, 4.69) is 15.5 Å². The van der Waals surface area contributed by atoms with Gasteiger partial charge in [0.25, 0.3) is 5.69 Å². The molecule has 1 aromatic heterocycles. The summed E-state index contributed by atoms with van der Waals surface area (Å²) in [6, 6.07) is 13.6. The number of nitrogens with one attached hydrogen (secondary N) is 1. The third-order valence-electron chi connectivity index (χ3n) is 3.45. The van der Waals surface area contributed by atoms with E-state index in [4.69, 9.17) is 11.6 Å². The number of hydrogen-bond donors (Lipinski definition) is 1. The van der Waals surface area contributed by atoms with Crippen molar-refractivity contribution in [1.82, 2.24) is 4.98 Å². The highest BCUT2D eigenvalue weighted by Gasteiger charge is 2.05. The van der Waals surface area contributed by atoms with Crippen molar-refractivity contribution >= 4 is 40.2 Å². The van der Waals surface area contributed by atoms with E-state index in [0.717, 1.165) is 16.5 Å². The molecular weight excluding hydrogens is 328 g/mol. The normalized spacial score (nSPS) is 11.1. The number of aryl methyl sites for hydroxylation is 1. The molecule has 0 bridgehead atoms. The summed E-state index contributed by atoms with van der Waals surface area (Å²) in [7, 11) is 0. The molecule has 0 saturated heterocycles. The molecule has 0 aliphatic heterocycles. The number of benzene rings is 2. The van der Waals surface area contributed by atoms with E-state index in [1.807, 2.05) is 25.1 Å². The molecule has 0 unspecified atom stereocenters. The molecule has 2 aromatic carbocycles. The van der Waals surface area contributed by atoms with Crippen LogP contribution >= 0.6 is 11.6 Å². The van der Waals surface area contributed by atoms with Crippen molar-refractivity contribution in [3.05, 3.63) is 74.8 Å². The molecule has 24 heavy (non-hydrogen) atoms. The number of hydrazone groups is 1. The maximum Gasteiger partial charge on any atom is 0.270 e. The van der Waals surface area contributed by atoms with E-state index in [-0.39, 0.29) is 5.69 Å². The van der Waals surface area contributed by atoms with Crippen molar-refractivity contribution in [2.24, 2.45) is 5.10 Å². The number of rotatable bonds is 4. The predicted octanol–water partition coefficient (Wildman–Crippen LogP) is 4.55. The average Bonchev–Trinajstić information content (AvgIpc) is 2.56. The van der Waals surface area contributed by atoms with Crippen LogP contribution in [0.5, 0.6) is 0 Å². The summed E-state index contributed by atoms with van der Waals surface area (Å²) in [6.07, 6.45) is 1.51. The number of pyridine rings is 1. The molecule has 3 rings (SSSR count). The van der Waals surface area contributed by atoms with Crippen molar-refractivity contribution in [3.8, 4) is 0 Å². The van der Waals surface area contributed by atoms with Crippen LogP contribution < -0.4 is 5.43 Å². The van der Waals surface area contributed by atoms with Crippen molar-refractivity contribution < 1.29 is 4.92 Å². The minimum atomic E-state index is -0.440. The van der Waals surface area contributed by atoms with Gasteiger partial charge in [0.15, 0.2) is 0 Å². The van der Waals surface area contributed by atoms with Crippen LogP contribution in [0.1, 0.15) is 11.1 Å². The fraction of sp³-hybridized carbons (Fsp3) is 0.0588. The molecule has 0 amide bonds. The Hall–Kier alpha value is -2.99. The lowest BCUT2D eigenvalue weighted by molar-refractivity contribution is -0.384. The van der Waals surface area contributed by atoms with Crippen LogP contribution in [-0.2, 0) is 0 Å². The van der Waals surface area contributed by atoms with Crippen molar-refractivity contribution in [3.63, 3.8) is 0 Å². The average molecular weight is 341 g/mol. The zero-order valence-corrected chi connectivity index (χ0v) is 13.5. The summed E-state index contributed by atoms with van der Waals surface area (Å²) in [5.41, 5.74) is 5.33. The minimum Gasteiger partial charge on any atom is -0.261 e.